The third-order valence-corrected chi connectivity index (χ3v) is 8.32. The van der Waals surface area contributed by atoms with Gasteiger partial charge in [-0.1, -0.05) is 56.3 Å². The minimum absolute atomic E-state index is 0.00152. The quantitative estimate of drug-likeness (QED) is 0.145. The van der Waals surface area contributed by atoms with E-state index in [2.05, 4.69) is 26.6 Å². The number of hydrogen-bond acceptors (Lipinski definition) is 12. The first-order valence-corrected chi connectivity index (χ1v) is 16.4. The van der Waals surface area contributed by atoms with Gasteiger partial charge in [-0.2, -0.15) is 0 Å². The number of esters is 1. The zero-order valence-corrected chi connectivity index (χ0v) is 27.8. The number of nitrogens with one attached hydrogen (secondary N) is 5. The van der Waals surface area contributed by atoms with Crippen LogP contribution in [-0.4, -0.2) is 118 Å². The minimum atomic E-state index is -2.43. The summed E-state index contributed by atoms with van der Waals surface area (Å²) in [7, 11) is 0. The van der Waals surface area contributed by atoms with Gasteiger partial charge in [0, 0.05) is 6.42 Å². The predicted octanol–water partition coefficient (Wildman–Crippen LogP) is -2.25. The van der Waals surface area contributed by atoms with Crippen molar-refractivity contribution in [1.82, 2.24) is 26.6 Å². The van der Waals surface area contributed by atoms with Gasteiger partial charge in [0.15, 0.2) is 0 Å². The van der Waals surface area contributed by atoms with Crippen molar-refractivity contribution in [3.8, 4) is 5.75 Å². The molecule has 4 rings (SSSR count). The van der Waals surface area contributed by atoms with Crippen LogP contribution in [0, 0.1) is 5.92 Å². The average molecular weight is 700 g/mol. The molecule has 2 bridgehead atoms. The molecule has 0 radical (unpaired) electrons. The van der Waals surface area contributed by atoms with Crippen LogP contribution in [0.15, 0.2) is 54.6 Å². The summed E-state index contributed by atoms with van der Waals surface area (Å²) in [5, 5.41) is 55.2. The van der Waals surface area contributed by atoms with Crippen LogP contribution >= 0.6 is 0 Å². The van der Waals surface area contributed by atoms with Gasteiger partial charge in [0.1, 0.15) is 42.8 Å². The molecule has 0 saturated carbocycles. The van der Waals surface area contributed by atoms with Crippen LogP contribution in [0.3, 0.4) is 0 Å². The molecule has 16 nitrogen and oxygen atoms in total. The molecular formula is C34H45N5O11. The van der Waals surface area contributed by atoms with Gasteiger partial charge < -0.3 is 56.5 Å². The van der Waals surface area contributed by atoms with E-state index in [0.717, 1.165) is 0 Å². The van der Waals surface area contributed by atoms with Crippen molar-refractivity contribution < 1.29 is 53.9 Å². The highest BCUT2D eigenvalue weighted by Gasteiger charge is 2.54. The first-order valence-electron chi connectivity index (χ1n) is 16.4. The summed E-state index contributed by atoms with van der Waals surface area (Å²) >= 11 is 0. The smallest absolute Gasteiger partial charge is 0.328 e. The van der Waals surface area contributed by atoms with Crippen LogP contribution in [0.25, 0.3) is 0 Å². The maximum atomic E-state index is 13.5. The Labute approximate surface area is 288 Å². The van der Waals surface area contributed by atoms with E-state index in [-0.39, 0.29) is 30.9 Å². The number of aliphatic hydroxyl groups is 3. The highest BCUT2D eigenvalue weighted by molar-refractivity contribution is 5.93. The molecule has 2 aromatic carbocycles. The molecule has 2 fully saturated rings. The number of carbonyl (C=O) groups excluding carboxylic acids is 5. The highest BCUT2D eigenvalue weighted by Crippen LogP contribution is 2.29. The molecular weight excluding hydrogens is 654 g/mol. The number of ether oxygens (including phenoxy) is 2. The summed E-state index contributed by atoms with van der Waals surface area (Å²) < 4.78 is 11.0. The van der Waals surface area contributed by atoms with Crippen LogP contribution in [0.1, 0.15) is 31.4 Å². The summed E-state index contributed by atoms with van der Waals surface area (Å²) in [6, 6.07) is 11.3. The number of aromatic hydroxyl groups is 1. The molecule has 2 aliphatic rings. The molecule has 4 amide bonds. The van der Waals surface area contributed by atoms with Crippen molar-refractivity contribution in [1.29, 1.82) is 0 Å². The summed E-state index contributed by atoms with van der Waals surface area (Å²) in [6.45, 7) is 1.42. The molecule has 2 aromatic rings. The maximum Gasteiger partial charge on any atom is 0.328 e. The Morgan fingerprint density at radius 1 is 0.800 bits per heavy atom. The minimum Gasteiger partial charge on any atom is -0.508 e. The Kier molecular flexibility index (Phi) is 13.3. The third kappa shape index (κ3) is 10.7. The molecule has 9 N–H and O–H groups in total. The Balaban J connectivity index is 1.59. The van der Waals surface area contributed by atoms with E-state index in [4.69, 9.17) is 9.47 Å². The van der Waals surface area contributed by atoms with Crippen LogP contribution < -0.4 is 26.6 Å². The fourth-order valence-corrected chi connectivity index (χ4v) is 5.60. The van der Waals surface area contributed by atoms with Crippen molar-refractivity contribution in [2.75, 3.05) is 26.2 Å². The average Bonchev–Trinajstić information content (AvgIpc) is 3.30. The van der Waals surface area contributed by atoms with Crippen LogP contribution in [0.2, 0.25) is 0 Å². The van der Waals surface area contributed by atoms with E-state index in [1.165, 1.54) is 12.1 Å². The fourth-order valence-electron chi connectivity index (χ4n) is 5.60. The number of amides is 4. The number of phenols is 1. The SMILES string of the molecule is CC(C)C[C@@H]1NC(=O)[C@H](Cc2ccccc2)NC(=O)CNC(=O)CNC(=O)[C@H](Cc2ccc(O)cc2)NC[C@]2(O)O[C@H](COC1=O)[C@@H](O)[C@@H]2O. The second-order valence-electron chi connectivity index (χ2n) is 12.9. The molecule has 0 aliphatic carbocycles. The van der Waals surface area contributed by atoms with Crippen molar-refractivity contribution in [3.63, 3.8) is 0 Å². The zero-order valence-electron chi connectivity index (χ0n) is 27.8. The Hall–Kier alpha value is -4.61. The number of cyclic esters (lactones) is 1. The van der Waals surface area contributed by atoms with Crippen molar-refractivity contribution >= 4 is 29.6 Å². The zero-order chi connectivity index (χ0) is 36.4. The Morgan fingerprint density at radius 2 is 1.44 bits per heavy atom. The van der Waals surface area contributed by atoms with Gasteiger partial charge in [0.2, 0.25) is 29.4 Å². The first-order chi connectivity index (χ1) is 23.7. The van der Waals surface area contributed by atoms with Gasteiger partial charge in [-0.25, -0.2) is 4.79 Å². The van der Waals surface area contributed by atoms with Gasteiger partial charge in [-0.05, 0) is 42.0 Å². The number of aliphatic hydroxyl groups excluding tert-OH is 2. The monoisotopic (exact) mass is 699 g/mol. The standard InChI is InChI=1S/C34H45N5O11/c1-19(2)12-25-33(47)49-17-26-29(43)30(44)34(48,50-26)18-37-23(13-21-8-10-22(40)11-9-21)31(45)36-15-27(41)35-16-28(42)38-24(32(46)39-25)14-20-6-4-3-5-7-20/h3-11,19,23-26,29-30,37,40,43-44,48H,12-18H2,1-2H3,(H,35,41)(H,36,45)(H,38,42)(H,39,46)/t23-,24-,25-,26+,29+,30-,34-/m0/s1. The lowest BCUT2D eigenvalue weighted by atomic mass is 10.0. The number of fused-ring (bicyclic) bond motifs is 2. The molecule has 0 spiro atoms. The number of rotatable bonds is 6. The molecule has 272 valence electrons. The lowest BCUT2D eigenvalue weighted by Crippen LogP contribution is -2.56. The Bertz CT molecular complexity index is 1490. The molecule has 16 heteroatoms. The summed E-state index contributed by atoms with van der Waals surface area (Å²) in [5.74, 6) is -6.19. The molecule has 7 atom stereocenters. The van der Waals surface area contributed by atoms with Gasteiger partial charge in [0.25, 0.3) is 0 Å². The van der Waals surface area contributed by atoms with E-state index in [0.29, 0.717) is 11.1 Å². The van der Waals surface area contributed by atoms with Crippen LogP contribution in [-0.2, 0) is 46.3 Å². The lowest BCUT2D eigenvalue weighted by molar-refractivity contribution is -0.228. The normalized spacial score (nSPS) is 29.2. The maximum absolute atomic E-state index is 13.5. The molecule has 0 aromatic heterocycles. The van der Waals surface area contributed by atoms with Crippen molar-refractivity contribution in [3.05, 3.63) is 65.7 Å². The number of β-amino-alcohol motifs (C(OH)–C–C–N with tert-alkyl or cyclic N) is 1. The summed E-state index contributed by atoms with van der Waals surface area (Å²) in [5.41, 5.74) is 1.30. The lowest BCUT2D eigenvalue weighted by Gasteiger charge is -2.29. The second kappa shape index (κ2) is 17.4. The molecule has 2 heterocycles. The molecule has 2 saturated heterocycles. The Morgan fingerprint density at radius 3 is 2.12 bits per heavy atom. The molecule has 0 unspecified atom stereocenters. The summed E-state index contributed by atoms with van der Waals surface area (Å²) in [4.78, 5) is 65.6. The van der Waals surface area contributed by atoms with E-state index in [1.807, 2.05) is 13.8 Å². The largest absolute Gasteiger partial charge is 0.508 e. The van der Waals surface area contributed by atoms with E-state index < -0.39 is 98.1 Å². The topological polar surface area (TPSA) is 245 Å². The second-order valence-corrected chi connectivity index (χ2v) is 12.9. The van der Waals surface area contributed by atoms with Gasteiger partial charge in [0.05, 0.1) is 25.7 Å². The summed E-state index contributed by atoms with van der Waals surface area (Å²) in [6.07, 6.45) is -4.76. The van der Waals surface area contributed by atoms with E-state index in [1.54, 1.807) is 42.5 Å². The van der Waals surface area contributed by atoms with E-state index in [9.17, 15) is 44.4 Å². The first kappa shape index (κ1) is 38.2. The van der Waals surface area contributed by atoms with Crippen LogP contribution in [0.5, 0.6) is 5.75 Å². The molecule has 50 heavy (non-hydrogen) atoms. The third-order valence-electron chi connectivity index (χ3n) is 8.32. The number of phenolic OH excluding ortho intramolecular Hbond substituents is 1. The van der Waals surface area contributed by atoms with Crippen molar-refractivity contribution in [2.45, 2.75) is 75.3 Å². The van der Waals surface area contributed by atoms with Gasteiger partial charge in [-0.3, -0.25) is 19.2 Å². The number of carbonyl (C=O) groups is 5. The number of benzene rings is 2. The van der Waals surface area contributed by atoms with E-state index >= 15 is 0 Å². The van der Waals surface area contributed by atoms with Crippen molar-refractivity contribution in [2.24, 2.45) is 5.92 Å². The van der Waals surface area contributed by atoms with Gasteiger partial charge >= 0.3 is 5.97 Å². The fraction of sp³-hybridized carbons (Fsp3) is 0.500. The number of hydrogen-bond donors (Lipinski definition) is 9. The predicted molar refractivity (Wildman–Crippen MR) is 176 cm³/mol. The molecule has 2 aliphatic heterocycles. The van der Waals surface area contributed by atoms with Gasteiger partial charge in [-0.15, -0.1) is 0 Å². The van der Waals surface area contributed by atoms with Crippen LogP contribution in [0.4, 0.5) is 0 Å². The highest BCUT2D eigenvalue weighted by atomic mass is 16.7.